The molecular weight excluding hydrogens is 206 g/mol. The lowest BCUT2D eigenvalue weighted by Crippen LogP contribution is -1.96. The Balaban J connectivity index is 2.14. The van der Waals surface area contributed by atoms with Gasteiger partial charge in [-0.2, -0.15) is 0 Å². The van der Waals surface area contributed by atoms with Gasteiger partial charge in [0.1, 0.15) is 10.0 Å². The zero-order valence-electron chi connectivity index (χ0n) is 8.60. The summed E-state index contributed by atoms with van der Waals surface area (Å²) < 4.78 is 0. The van der Waals surface area contributed by atoms with Crippen molar-refractivity contribution in [3.8, 4) is 10.6 Å². The molecule has 0 bridgehead atoms. The van der Waals surface area contributed by atoms with Crippen molar-refractivity contribution in [1.29, 1.82) is 0 Å². The van der Waals surface area contributed by atoms with Crippen molar-refractivity contribution in [3.05, 3.63) is 30.7 Å². The van der Waals surface area contributed by atoms with Crippen LogP contribution in [0.2, 0.25) is 0 Å². The van der Waals surface area contributed by atoms with Crippen LogP contribution in [0.5, 0.6) is 0 Å². The number of rotatable bonds is 4. The van der Waals surface area contributed by atoms with Crippen molar-refractivity contribution in [2.75, 3.05) is 11.9 Å². The van der Waals surface area contributed by atoms with E-state index in [1.54, 1.807) is 17.5 Å². The van der Waals surface area contributed by atoms with Crippen molar-refractivity contribution in [1.82, 2.24) is 9.97 Å². The Morgan fingerprint density at radius 3 is 3.07 bits per heavy atom. The maximum absolute atomic E-state index is 4.36. The molecule has 0 fully saturated rings. The Morgan fingerprint density at radius 1 is 1.40 bits per heavy atom. The van der Waals surface area contributed by atoms with E-state index in [-0.39, 0.29) is 0 Å². The molecule has 0 saturated carbocycles. The molecule has 2 rings (SSSR count). The zero-order chi connectivity index (χ0) is 10.5. The van der Waals surface area contributed by atoms with E-state index in [0.717, 1.165) is 28.5 Å². The monoisotopic (exact) mass is 219 g/mol. The van der Waals surface area contributed by atoms with E-state index in [4.69, 9.17) is 0 Å². The van der Waals surface area contributed by atoms with Crippen LogP contribution in [0.3, 0.4) is 0 Å². The maximum atomic E-state index is 4.36. The standard InChI is InChI=1S/C11H13N3S/c1-2-5-13-10-8-14-11(15-10)9-4-3-6-12-7-9/h3-4,6-8,13H,2,5H2,1H3. The summed E-state index contributed by atoms with van der Waals surface area (Å²) in [5.41, 5.74) is 1.08. The SMILES string of the molecule is CCCNc1cnc(-c2cccnc2)s1. The molecule has 0 spiro atoms. The Labute approximate surface area is 93.2 Å². The van der Waals surface area contributed by atoms with E-state index < -0.39 is 0 Å². The lowest BCUT2D eigenvalue weighted by atomic mass is 10.3. The van der Waals surface area contributed by atoms with Gasteiger partial charge in [0.15, 0.2) is 0 Å². The molecule has 4 heteroatoms. The highest BCUT2D eigenvalue weighted by atomic mass is 32.1. The Morgan fingerprint density at radius 2 is 2.33 bits per heavy atom. The van der Waals surface area contributed by atoms with E-state index in [1.165, 1.54) is 0 Å². The van der Waals surface area contributed by atoms with Gasteiger partial charge in [0, 0.05) is 24.5 Å². The van der Waals surface area contributed by atoms with E-state index in [0.29, 0.717) is 0 Å². The predicted molar refractivity (Wildman–Crippen MR) is 64.1 cm³/mol. The molecule has 0 aromatic carbocycles. The molecule has 15 heavy (non-hydrogen) atoms. The number of hydrogen-bond donors (Lipinski definition) is 1. The van der Waals surface area contributed by atoms with Crippen LogP contribution in [0.25, 0.3) is 10.6 Å². The molecule has 0 aliphatic rings. The van der Waals surface area contributed by atoms with E-state index >= 15 is 0 Å². The molecule has 0 saturated heterocycles. The third-order valence-corrected chi connectivity index (χ3v) is 2.97. The first-order valence-electron chi connectivity index (χ1n) is 5.00. The third kappa shape index (κ3) is 2.53. The summed E-state index contributed by atoms with van der Waals surface area (Å²) in [4.78, 5) is 8.43. The predicted octanol–water partition coefficient (Wildman–Crippen LogP) is 3.03. The maximum Gasteiger partial charge on any atom is 0.126 e. The normalized spacial score (nSPS) is 10.2. The second-order valence-corrected chi connectivity index (χ2v) is 4.23. The summed E-state index contributed by atoms with van der Waals surface area (Å²) in [7, 11) is 0. The first-order valence-corrected chi connectivity index (χ1v) is 5.82. The fraction of sp³-hybridized carbons (Fsp3) is 0.273. The minimum Gasteiger partial charge on any atom is -0.376 e. The van der Waals surface area contributed by atoms with Crippen LogP contribution in [-0.4, -0.2) is 16.5 Å². The van der Waals surface area contributed by atoms with Gasteiger partial charge >= 0.3 is 0 Å². The first-order chi connectivity index (χ1) is 7.40. The van der Waals surface area contributed by atoms with Crippen LogP contribution < -0.4 is 5.32 Å². The summed E-state index contributed by atoms with van der Waals surface area (Å²) in [6.45, 7) is 3.14. The van der Waals surface area contributed by atoms with Crippen molar-refractivity contribution < 1.29 is 0 Å². The number of aromatic nitrogens is 2. The van der Waals surface area contributed by atoms with Crippen molar-refractivity contribution in [3.63, 3.8) is 0 Å². The van der Waals surface area contributed by atoms with Gasteiger partial charge in [0.05, 0.1) is 6.20 Å². The summed E-state index contributed by atoms with van der Waals surface area (Å²) in [5.74, 6) is 0. The molecule has 0 aliphatic carbocycles. The molecule has 2 heterocycles. The van der Waals surface area contributed by atoms with E-state index in [2.05, 4.69) is 22.2 Å². The molecule has 78 valence electrons. The van der Waals surface area contributed by atoms with Crippen LogP contribution in [0.15, 0.2) is 30.7 Å². The summed E-state index contributed by atoms with van der Waals surface area (Å²) >= 11 is 1.66. The van der Waals surface area contributed by atoms with Crippen LogP contribution >= 0.6 is 11.3 Å². The molecule has 0 aliphatic heterocycles. The molecular formula is C11H13N3S. The number of nitrogens with zero attached hydrogens (tertiary/aromatic N) is 2. The highest BCUT2D eigenvalue weighted by Crippen LogP contribution is 2.27. The number of nitrogens with one attached hydrogen (secondary N) is 1. The largest absolute Gasteiger partial charge is 0.376 e. The average molecular weight is 219 g/mol. The topological polar surface area (TPSA) is 37.8 Å². The second kappa shape index (κ2) is 4.89. The van der Waals surface area contributed by atoms with Gasteiger partial charge < -0.3 is 5.32 Å². The third-order valence-electron chi connectivity index (χ3n) is 1.96. The smallest absolute Gasteiger partial charge is 0.126 e. The van der Waals surface area contributed by atoms with Crippen LogP contribution in [0, 0.1) is 0 Å². The van der Waals surface area contributed by atoms with Crippen molar-refractivity contribution >= 4 is 16.3 Å². The number of thiazole rings is 1. The Kier molecular flexibility index (Phi) is 3.29. The van der Waals surface area contributed by atoms with Crippen LogP contribution in [0.4, 0.5) is 5.00 Å². The molecule has 3 nitrogen and oxygen atoms in total. The number of anilines is 1. The van der Waals surface area contributed by atoms with Crippen molar-refractivity contribution in [2.45, 2.75) is 13.3 Å². The molecule has 0 atom stereocenters. The van der Waals surface area contributed by atoms with Gasteiger partial charge in [0.25, 0.3) is 0 Å². The average Bonchev–Trinajstić information content (AvgIpc) is 2.76. The molecule has 2 aromatic heterocycles. The fourth-order valence-electron chi connectivity index (χ4n) is 1.23. The van der Waals surface area contributed by atoms with Crippen LogP contribution in [0.1, 0.15) is 13.3 Å². The zero-order valence-corrected chi connectivity index (χ0v) is 9.42. The van der Waals surface area contributed by atoms with Crippen molar-refractivity contribution in [2.24, 2.45) is 0 Å². The van der Waals surface area contributed by atoms with Gasteiger partial charge in [-0.1, -0.05) is 18.3 Å². The highest BCUT2D eigenvalue weighted by molar-refractivity contribution is 7.18. The minimum absolute atomic E-state index is 0.995. The van der Waals surface area contributed by atoms with E-state index in [1.807, 2.05) is 24.5 Å². The van der Waals surface area contributed by atoms with E-state index in [9.17, 15) is 0 Å². The number of hydrogen-bond acceptors (Lipinski definition) is 4. The van der Waals surface area contributed by atoms with Gasteiger partial charge in [-0.05, 0) is 18.6 Å². The molecule has 0 amide bonds. The van der Waals surface area contributed by atoms with Crippen LogP contribution in [-0.2, 0) is 0 Å². The molecule has 0 unspecified atom stereocenters. The minimum atomic E-state index is 0.995. The molecule has 1 N–H and O–H groups in total. The molecule has 0 radical (unpaired) electrons. The molecule has 2 aromatic rings. The summed E-state index contributed by atoms with van der Waals surface area (Å²) in [5, 5.41) is 5.46. The quantitative estimate of drug-likeness (QED) is 0.859. The van der Waals surface area contributed by atoms with Gasteiger partial charge in [-0.3, -0.25) is 4.98 Å². The highest BCUT2D eigenvalue weighted by Gasteiger charge is 2.03. The summed E-state index contributed by atoms with van der Waals surface area (Å²) in [6, 6.07) is 3.95. The lowest BCUT2D eigenvalue weighted by Gasteiger charge is -1.97. The van der Waals surface area contributed by atoms with Gasteiger partial charge in [-0.15, -0.1) is 0 Å². The van der Waals surface area contributed by atoms with Gasteiger partial charge in [-0.25, -0.2) is 4.98 Å². The Bertz CT molecular complexity index is 411. The fourth-order valence-corrected chi connectivity index (χ4v) is 2.06. The number of pyridine rings is 1. The van der Waals surface area contributed by atoms with Gasteiger partial charge in [0.2, 0.25) is 0 Å². The lowest BCUT2D eigenvalue weighted by molar-refractivity contribution is 0.983. The second-order valence-electron chi connectivity index (χ2n) is 3.20. The summed E-state index contributed by atoms with van der Waals surface area (Å²) in [6.07, 6.45) is 6.61. The Hall–Kier alpha value is -1.42. The first kappa shape index (κ1) is 10.1.